The molecule has 3 nitrogen and oxygen atoms in total. The molecule has 0 aliphatic carbocycles. The number of carbonyl (C=O) groups excluding carboxylic acids is 1. The van der Waals surface area contributed by atoms with Crippen LogP contribution < -0.4 is 10.1 Å². The molecule has 0 unspecified atom stereocenters. The Morgan fingerprint density at radius 3 is 2.77 bits per heavy atom. The van der Waals surface area contributed by atoms with Gasteiger partial charge in [-0.3, -0.25) is 4.79 Å². The normalized spacial score (nSPS) is 11.8. The predicted molar refractivity (Wildman–Crippen MR) is 92.5 cm³/mol. The van der Waals surface area contributed by atoms with E-state index in [9.17, 15) is 4.79 Å². The fourth-order valence-electron chi connectivity index (χ4n) is 2.52. The van der Waals surface area contributed by atoms with Crippen LogP contribution in [0.15, 0.2) is 30.9 Å². The number of hydrogen-bond donors (Lipinski definition) is 1. The number of hydrogen-bond acceptors (Lipinski definition) is 2. The summed E-state index contributed by atoms with van der Waals surface area (Å²) in [5.41, 5.74) is 1.67. The SMILES string of the molecule is C=CCc1cc(C(=O)NC[C@H](CC)CCCC)ccc1OC. The second-order valence-corrected chi connectivity index (χ2v) is 5.65. The summed E-state index contributed by atoms with van der Waals surface area (Å²) in [5, 5.41) is 3.06. The van der Waals surface area contributed by atoms with Crippen molar-refractivity contribution in [3.8, 4) is 5.75 Å². The maximum absolute atomic E-state index is 12.3. The van der Waals surface area contributed by atoms with E-state index in [1.807, 2.05) is 24.3 Å². The second kappa shape index (κ2) is 10.0. The summed E-state index contributed by atoms with van der Waals surface area (Å²) < 4.78 is 5.31. The van der Waals surface area contributed by atoms with Crippen LogP contribution >= 0.6 is 0 Å². The van der Waals surface area contributed by atoms with Crippen LogP contribution in [0, 0.1) is 5.92 Å². The molecule has 0 aromatic heterocycles. The van der Waals surface area contributed by atoms with Crippen LogP contribution in [-0.2, 0) is 6.42 Å². The maximum atomic E-state index is 12.3. The van der Waals surface area contributed by atoms with Crippen LogP contribution in [0.4, 0.5) is 0 Å². The first-order valence-electron chi connectivity index (χ1n) is 8.22. The van der Waals surface area contributed by atoms with E-state index in [0.29, 0.717) is 17.9 Å². The van der Waals surface area contributed by atoms with Gasteiger partial charge in [0.05, 0.1) is 7.11 Å². The topological polar surface area (TPSA) is 38.3 Å². The summed E-state index contributed by atoms with van der Waals surface area (Å²) in [6, 6.07) is 5.55. The minimum absolute atomic E-state index is 0.0112. The summed E-state index contributed by atoms with van der Waals surface area (Å²) in [4.78, 5) is 12.3. The average molecular weight is 303 g/mol. The van der Waals surface area contributed by atoms with Crippen molar-refractivity contribution in [1.82, 2.24) is 5.32 Å². The molecule has 1 N–H and O–H groups in total. The zero-order valence-corrected chi connectivity index (χ0v) is 14.2. The predicted octanol–water partition coefficient (Wildman–Crippen LogP) is 4.37. The first-order valence-corrected chi connectivity index (χ1v) is 8.22. The monoisotopic (exact) mass is 303 g/mol. The maximum Gasteiger partial charge on any atom is 0.251 e. The smallest absolute Gasteiger partial charge is 0.251 e. The number of allylic oxidation sites excluding steroid dienone is 1. The quantitative estimate of drug-likeness (QED) is 0.652. The molecule has 1 amide bonds. The zero-order chi connectivity index (χ0) is 16.4. The van der Waals surface area contributed by atoms with Crippen LogP contribution in [-0.4, -0.2) is 19.6 Å². The Bertz CT molecular complexity index is 482. The molecular formula is C19H29NO2. The summed E-state index contributed by atoms with van der Waals surface area (Å²) in [6.07, 6.45) is 7.21. The summed E-state index contributed by atoms with van der Waals surface area (Å²) in [6.45, 7) is 8.88. The summed E-state index contributed by atoms with van der Waals surface area (Å²) in [7, 11) is 1.64. The lowest BCUT2D eigenvalue weighted by molar-refractivity contribution is 0.0945. The molecule has 0 spiro atoms. The van der Waals surface area contributed by atoms with E-state index in [1.54, 1.807) is 7.11 Å². The van der Waals surface area contributed by atoms with Crippen LogP contribution in [0.5, 0.6) is 5.75 Å². The fraction of sp³-hybridized carbons (Fsp3) is 0.526. The van der Waals surface area contributed by atoms with Gasteiger partial charge >= 0.3 is 0 Å². The van der Waals surface area contributed by atoms with E-state index in [-0.39, 0.29) is 5.91 Å². The molecule has 122 valence electrons. The molecule has 0 aliphatic rings. The standard InChI is InChI=1S/C19H29NO2/c1-5-8-10-15(7-3)14-20-19(21)17-11-12-18(22-4)16(13-17)9-6-2/h6,11-13,15H,2,5,7-10,14H2,1,3-4H3,(H,20,21)/t15-/m1/s1. The molecule has 1 atom stereocenters. The number of nitrogens with one attached hydrogen (secondary N) is 1. The summed E-state index contributed by atoms with van der Waals surface area (Å²) >= 11 is 0. The Balaban J connectivity index is 2.68. The van der Waals surface area contributed by atoms with Crippen LogP contribution in [0.3, 0.4) is 0 Å². The van der Waals surface area contributed by atoms with Gasteiger partial charge in [0, 0.05) is 12.1 Å². The van der Waals surface area contributed by atoms with E-state index in [0.717, 1.165) is 24.3 Å². The highest BCUT2D eigenvalue weighted by Crippen LogP contribution is 2.21. The van der Waals surface area contributed by atoms with Crippen LogP contribution in [0.25, 0.3) is 0 Å². The van der Waals surface area contributed by atoms with Gasteiger partial charge in [0.15, 0.2) is 0 Å². The molecule has 0 fully saturated rings. The molecule has 0 bridgehead atoms. The van der Waals surface area contributed by atoms with Gasteiger partial charge in [-0.15, -0.1) is 6.58 Å². The van der Waals surface area contributed by atoms with Crippen molar-refractivity contribution < 1.29 is 9.53 Å². The van der Waals surface area contributed by atoms with Gasteiger partial charge < -0.3 is 10.1 Å². The third-order valence-electron chi connectivity index (χ3n) is 4.00. The number of carbonyl (C=O) groups is 1. The zero-order valence-electron chi connectivity index (χ0n) is 14.2. The lowest BCUT2D eigenvalue weighted by Crippen LogP contribution is -2.29. The van der Waals surface area contributed by atoms with Crippen LogP contribution in [0.2, 0.25) is 0 Å². The molecule has 1 aromatic carbocycles. The number of rotatable bonds is 10. The molecule has 3 heteroatoms. The first-order chi connectivity index (χ1) is 10.7. The number of unbranched alkanes of at least 4 members (excludes halogenated alkanes) is 1. The largest absolute Gasteiger partial charge is 0.496 e. The van der Waals surface area contributed by atoms with Crippen molar-refractivity contribution in [3.63, 3.8) is 0 Å². The van der Waals surface area contributed by atoms with Crippen molar-refractivity contribution in [3.05, 3.63) is 42.0 Å². The first kappa shape index (κ1) is 18.3. The number of ether oxygens (including phenoxy) is 1. The van der Waals surface area contributed by atoms with Gasteiger partial charge in [0.1, 0.15) is 5.75 Å². The highest BCUT2D eigenvalue weighted by atomic mass is 16.5. The highest BCUT2D eigenvalue weighted by molar-refractivity contribution is 5.94. The minimum atomic E-state index is -0.0112. The van der Waals surface area contributed by atoms with Gasteiger partial charge in [-0.25, -0.2) is 0 Å². The van der Waals surface area contributed by atoms with E-state index in [1.165, 1.54) is 19.3 Å². The number of methoxy groups -OCH3 is 1. The van der Waals surface area contributed by atoms with Crippen molar-refractivity contribution in [2.75, 3.05) is 13.7 Å². The minimum Gasteiger partial charge on any atom is -0.496 e. The van der Waals surface area contributed by atoms with Crippen molar-refractivity contribution >= 4 is 5.91 Å². The van der Waals surface area contributed by atoms with Gasteiger partial charge in [0.2, 0.25) is 0 Å². The average Bonchev–Trinajstić information content (AvgIpc) is 2.55. The van der Waals surface area contributed by atoms with Crippen molar-refractivity contribution in [2.45, 2.75) is 46.0 Å². The molecule has 0 heterocycles. The Labute approximate surface area is 134 Å². The van der Waals surface area contributed by atoms with Crippen molar-refractivity contribution in [2.24, 2.45) is 5.92 Å². The number of benzene rings is 1. The molecule has 0 saturated heterocycles. The second-order valence-electron chi connectivity index (χ2n) is 5.65. The van der Waals surface area contributed by atoms with Crippen LogP contribution in [0.1, 0.15) is 55.5 Å². The molecule has 1 aromatic rings. The lowest BCUT2D eigenvalue weighted by atomic mass is 9.99. The Morgan fingerprint density at radius 2 is 2.18 bits per heavy atom. The Morgan fingerprint density at radius 1 is 1.41 bits per heavy atom. The van der Waals surface area contributed by atoms with Crippen molar-refractivity contribution in [1.29, 1.82) is 0 Å². The van der Waals surface area contributed by atoms with E-state index < -0.39 is 0 Å². The molecule has 22 heavy (non-hydrogen) atoms. The molecule has 1 rings (SSSR count). The van der Waals surface area contributed by atoms with E-state index in [4.69, 9.17) is 4.74 Å². The molecule has 0 radical (unpaired) electrons. The number of amides is 1. The van der Waals surface area contributed by atoms with E-state index in [2.05, 4.69) is 25.7 Å². The lowest BCUT2D eigenvalue weighted by Gasteiger charge is -2.16. The van der Waals surface area contributed by atoms with Gasteiger partial charge in [0.25, 0.3) is 5.91 Å². The van der Waals surface area contributed by atoms with Gasteiger partial charge in [-0.05, 0) is 42.5 Å². The van der Waals surface area contributed by atoms with Gasteiger partial charge in [-0.1, -0.05) is 39.2 Å². The summed E-state index contributed by atoms with van der Waals surface area (Å²) in [5.74, 6) is 1.35. The van der Waals surface area contributed by atoms with Gasteiger partial charge in [-0.2, -0.15) is 0 Å². The molecule has 0 aliphatic heterocycles. The third kappa shape index (κ3) is 5.55. The fourth-order valence-corrected chi connectivity index (χ4v) is 2.52. The molecular weight excluding hydrogens is 274 g/mol. The highest BCUT2D eigenvalue weighted by Gasteiger charge is 2.12. The Hall–Kier alpha value is -1.77. The van der Waals surface area contributed by atoms with E-state index >= 15 is 0 Å². The third-order valence-corrected chi connectivity index (χ3v) is 4.00. The Kier molecular flexibility index (Phi) is 8.34. The molecule has 0 saturated carbocycles.